The van der Waals surface area contributed by atoms with Crippen LogP contribution in [0, 0.1) is 0 Å². The monoisotopic (exact) mass is 398 g/mol. The molecule has 0 spiro atoms. The van der Waals surface area contributed by atoms with Crippen molar-refractivity contribution >= 4 is 28.7 Å². The smallest absolute Gasteiger partial charge is 0.276 e. The highest BCUT2D eigenvalue weighted by molar-refractivity contribution is 6.05. The van der Waals surface area contributed by atoms with Gasteiger partial charge in [-0.15, -0.1) is 0 Å². The van der Waals surface area contributed by atoms with E-state index in [0.29, 0.717) is 5.69 Å². The van der Waals surface area contributed by atoms with Gasteiger partial charge in [-0.1, -0.05) is 18.2 Å². The molecule has 0 saturated carbocycles. The SMILES string of the molecule is O=C(c1ccc(Nc2ccc(N3CCCC3)cc2)cn1)N1CCCc2ccccc21. The molecule has 0 bridgehead atoms. The van der Waals surface area contributed by atoms with Crippen LogP contribution in [0.5, 0.6) is 0 Å². The molecule has 5 heteroatoms. The lowest BCUT2D eigenvalue weighted by Crippen LogP contribution is -2.35. The molecule has 0 aliphatic carbocycles. The average molecular weight is 399 g/mol. The van der Waals surface area contributed by atoms with Crippen molar-refractivity contribution in [2.45, 2.75) is 25.7 Å². The summed E-state index contributed by atoms with van der Waals surface area (Å²) in [6.07, 6.45) is 6.29. The molecule has 0 atom stereocenters. The number of amides is 1. The van der Waals surface area contributed by atoms with E-state index in [4.69, 9.17) is 0 Å². The Morgan fingerprint density at radius 2 is 1.60 bits per heavy atom. The van der Waals surface area contributed by atoms with Crippen LogP contribution in [0.2, 0.25) is 0 Å². The van der Waals surface area contributed by atoms with Crippen LogP contribution in [-0.4, -0.2) is 30.5 Å². The van der Waals surface area contributed by atoms with E-state index >= 15 is 0 Å². The molecule has 3 aromatic rings. The molecule has 1 saturated heterocycles. The molecule has 0 radical (unpaired) electrons. The number of aryl methyl sites for hydroxylation is 1. The van der Waals surface area contributed by atoms with Crippen molar-refractivity contribution in [1.29, 1.82) is 0 Å². The number of fused-ring (bicyclic) bond motifs is 1. The topological polar surface area (TPSA) is 48.5 Å². The van der Waals surface area contributed by atoms with E-state index < -0.39 is 0 Å². The zero-order valence-electron chi connectivity index (χ0n) is 17.1. The lowest BCUT2D eigenvalue weighted by Gasteiger charge is -2.29. The third-order valence-corrected chi connectivity index (χ3v) is 5.97. The van der Waals surface area contributed by atoms with Gasteiger partial charge in [0.15, 0.2) is 0 Å². The lowest BCUT2D eigenvalue weighted by atomic mass is 10.0. The standard InChI is InChI=1S/C25H26N4O/c30-25(29-17-5-7-19-6-1-2-8-24(19)29)23-14-11-21(18-26-23)27-20-9-12-22(13-10-20)28-15-3-4-16-28/h1-2,6,8-14,18,27H,3-5,7,15-17H2. The van der Waals surface area contributed by atoms with Crippen LogP contribution in [0.4, 0.5) is 22.7 Å². The van der Waals surface area contributed by atoms with Crippen molar-refractivity contribution < 1.29 is 4.79 Å². The largest absolute Gasteiger partial charge is 0.372 e. The molecule has 5 nitrogen and oxygen atoms in total. The van der Waals surface area contributed by atoms with Gasteiger partial charge in [0.25, 0.3) is 5.91 Å². The molecule has 30 heavy (non-hydrogen) atoms. The molecule has 2 aliphatic rings. The summed E-state index contributed by atoms with van der Waals surface area (Å²) in [7, 11) is 0. The summed E-state index contributed by atoms with van der Waals surface area (Å²) in [4.78, 5) is 21.7. The van der Waals surface area contributed by atoms with Crippen molar-refractivity contribution in [1.82, 2.24) is 4.98 Å². The summed E-state index contributed by atoms with van der Waals surface area (Å²) < 4.78 is 0. The minimum atomic E-state index is -0.0383. The zero-order chi connectivity index (χ0) is 20.3. The molecule has 3 heterocycles. The lowest BCUT2D eigenvalue weighted by molar-refractivity contribution is 0.0980. The highest BCUT2D eigenvalue weighted by Crippen LogP contribution is 2.28. The van der Waals surface area contributed by atoms with Gasteiger partial charge in [0, 0.05) is 36.7 Å². The number of nitrogens with one attached hydrogen (secondary N) is 1. The Hall–Kier alpha value is -3.34. The average Bonchev–Trinajstić information content (AvgIpc) is 3.34. The maximum atomic E-state index is 13.0. The summed E-state index contributed by atoms with van der Waals surface area (Å²) in [6, 6.07) is 20.4. The molecule has 1 aromatic heterocycles. The number of carbonyl (C=O) groups excluding carboxylic acids is 1. The van der Waals surface area contributed by atoms with Crippen molar-refractivity contribution in [3.63, 3.8) is 0 Å². The Kier molecular flexibility index (Phi) is 5.10. The van der Waals surface area contributed by atoms with Crippen LogP contribution in [0.1, 0.15) is 35.3 Å². The van der Waals surface area contributed by atoms with Crippen LogP contribution >= 0.6 is 0 Å². The quantitative estimate of drug-likeness (QED) is 0.670. The number of pyridine rings is 1. The maximum Gasteiger partial charge on any atom is 0.276 e. The van der Waals surface area contributed by atoms with Crippen molar-refractivity contribution in [2.24, 2.45) is 0 Å². The predicted octanol–water partition coefficient (Wildman–Crippen LogP) is 5.02. The van der Waals surface area contributed by atoms with Gasteiger partial charge in [-0.2, -0.15) is 0 Å². The summed E-state index contributed by atoms with van der Waals surface area (Å²) in [5.74, 6) is -0.0383. The second kappa shape index (κ2) is 8.19. The van der Waals surface area contributed by atoms with Gasteiger partial charge in [-0.05, 0) is 73.7 Å². The highest BCUT2D eigenvalue weighted by Gasteiger charge is 2.24. The van der Waals surface area contributed by atoms with E-state index in [9.17, 15) is 4.79 Å². The molecule has 5 rings (SSSR count). The van der Waals surface area contributed by atoms with E-state index in [-0.39, 0.29) is 5.91 Å². The normalized spacial score (nSPS) is 15.7. The molecule has 0 unspecified atom stereocenters. The second-order valence-corrected chi connectivity index (χ2v) is 7.99. The highest BCUT2D eigenvalue weighted by atomic mass is 16.2. The first-order valence-electron chi connectivity index (χ1n) is 10.8. The fraction of sp³-hybridized carbons (Fsp3) is 0.280. The van der Waals surface area contributed by atoms with Crippen molar-refractivity contribution in [2.75, 3.05) is 34.8 Å². The van der Waals surface area contributed by atoms with E-state index in [1.807, 2.05) is 29.2 Å². The van der Waals surface area contributed by atoms with Crippen LogP contribution in [0.15, 0.2) is 66.9 Å². The number of aromatic nitrogens is 1. The zero-order valence-corrected chi connectivity index (χ0v) is 17.1. The summed E-state index contributed by atoms with van der Waals surface area (Å²) >= 11 is 0. The van der Waals surface area contributed by atoms with E-state index in [1.165, 1.54) is 24.1 Å². The minimum absolute atomic E-state index is 0.0383. The van der Waals surface area contributed by atoms with Gasteiger partial charge in [-0.25, -0.2) is 4.98 Å². The third-order valence-electron chi connectivity index (χ3n) is 5.97. The molecule has 1 amide bonds. The molecule has 1 fully saturated rings. The number of carbonyl (C=O) groups is 1. The van der Waals surface area contributed by atoms with Crippen LogP contribution in [0.3, 0.4) is 0 Å². The summed E-state index contributed by atoms with van der Waals surface area (Å²) in [6.45, 7) is 3.03. The van der Waals surface area contributed by atoms with Gasteiger partial charge in [0.2, 0.25) is 0 Å². The Morgan fingerprint density at radius 1 is 0.833 bits per heavy atom. The fourth-order valence-corrected chi connectivity index (χ4v) is 4.37. The number of hydrogen-bond donors (Lipinski definition) is 1. The Balaban J connectivity index is 1.27. The number of anilines is 4. The van der Waals surface area contributed by atoms with Crippen LogP contribution < -0.4 is 15.1 Å². The van der Waals surface area contributed by atoms with E-state index in [0.717, 1.165) is 49.5 Å². The second-order valence-electron chi connectivity index (χ2n) is 7.99. The van der Waals surface area contributed by atoms with Gasteiger partial charge in [0.05, 0.1) is 11.9 Å². The van der Waals surface area contributed by atoms with Gasteiger partial charge >= 0.3 is 0 Å². The fourth-order valence-electron chi connectivity index (χ4n) is 4.37. The first-order chi connectivity index (χ1) is 14.8. The number of hydrogen-bond acceptors (Lipinski definition) is 4. The van der Waals surface area contributed by atoms with Gasteiger partial charge in [0.1, 0.15) is 5.69 Å². The summed E-state index contributed by atoms with van der Waals surface area (Å²) in [5, 5.41) is 3.38. The minimum Gasteiger partial charge on any atom is -0.372 e. The van der Waals surface area contributed by atoms with Crippen molar-refractivity contribution in [3.8, 4) is 0 Å². The predicted molar refractivity (Wildman–Crippen MR) is 122 cm³/mol. The van der Waals surface area contributed by atoms with E-state index in [1.54, 1.807) is 12.3 Å². The van der Waals surface area contributed by atoms with Crippen LogP contribution in [-0.2, 0) is 6.42 Å². The Morgan fingerprint density at radius 3 is 2.37 bits per heavy atom. The number of para-hydroxylation sites is 1. The van der Waals surface area contributed by atoms with Crippen molar-refractivity contribution in [3.05, 3.63) is 78.1 Å². The molecule has 2 aliphatic heterocycles. The first kappa shape index (κ1) is 18.7. The number of nitrogens with zero attached hydrogens (tertiary/aromatic N) is 3. The van der Waals surface area contributed by atoms with E-state index in [2.05, 4.69) is 45.5 Å². The summed E-state index contributed by atoms with van der Waals surface area (Å²) in [5.41, 5.74) is 5.88. The molecule has 152 valence electrons. The number of rotatable bonds is 4. The molecular weight excluding hydrogens is 372 g/mol. The third kappa shape index (κ3) is 3.75. The Labute approximate surface area is 177 Å². The number of benzene rings is 2. The Bertz CT molecular complexity index is 1020. The first-order valence-corrected chi connectivity index (χ1v) is 10.8. The van der Waals surface area contributed by atoms with Gasteiger partial charge in [-0.3, -0.25) is 4.79 Å². The maximum absolute atomic E-state index is 13.0. The van der Waals surface area contributed by atoms with Crippen LogP contribution in [0.25, 0.3) is 0 Å². The molecular formula is C25H26N4O. The molecule has 2 aromatic carbocycles. The molecule has 1 N–H and O–H groups in total. The van der Waals surface area contributed by atoms with Gasteiger partial charge < -0.3 is 15.1 Å².